The van der Waals surface area contributed by atoms with Crippen molar-refractivity contribution in [2.24, 2.45) is 10.7 Å². The molecule has 0 radical (unpaired) electrons. The first-order valence-corrected chi connectivity index (χ1v) is 15.1. The van der Waals surface area contributed by atoms with E-state index in [1.165, 1.54) is 12.1 Å². The molecule has 0 spiro atoms. The molecule has 17 heteroatoms. The molecule has 1 aliphatic heterocycles. The minimum absolute atomic E-state index is 0.0193. The molecule has 2 aromatic carbocycles. The van der Waals surface area contributed by atoms with E-state index in [1.54, 1.807) is 45.0 Å². The van der Waals surface area contributed by atoms with E-state index in [9.17, 15) is 36.4 Å². The number of aryl methyl sites for hydroxylation is 1. The van der Waals surface area contributed by atoms with Gasteiger partial charge in [0.1, 0.15) is 0 Å². The number of nitrogens with zero attached hydrogens (tertiary/aromatic N) is 5. The van der Waals surface area contributed by atoms with Gasteiger partial charge in [0.15, 0.2) is 11.7 Å². The van der Waals surface area contributed by atoms with Crippen LogP contribution in [-0.4, -0.2) is 59.4 Å². The van der Waals surface area contributed by atoms with Crippen molar-refractivity contribution in [2.75, 3.05) is 13.3 Å². The number of carbonyl (C=O) groups excluding carboxylic acids is 2. The smallest absolute Gasteiger partial charge is 0.435 e. The number of alkyl halides is 3. The van der Waals surface area contributed by atoms with Gasteiger partial charge in [0.05, 0.1) is 33.2 Å². The van der Waals surface area contributed by atoms with Gasteiger partial charge < -0.3 is 14.8 Å². The summed E-state index contributed by atoms with van der Waals surface area (Å²) in [7, 11) is -4.45. The first kappa shape index (κ1) is 33.2. The van der Waals surface area contributed by atoms with Crippen LogP contribution in [-0.2, 0) is 35.4 Å². The number of benzene rings is 2. The van der Waals surface area contributed by atoms with E-state index in [-0.39, 0.29) is 34.2 Å². The number of aromatic nitrogens is 2. The van der Waals surface area contributed by atoms with Gasteiger partial charge in [0.25, 0.3) is 22.7 Å². The summed E-state index contributed by atoms with van der Waals surface area (Å²) in [4.78, 5) is 29.0. The maximum atomic E-state index is 13.5. The van der Waals surface area contributed by atoms with Gasteiger partial charge in [-0.3, -0.25) is 9.59 Å². The summed E-state index contributed by atoms with van der Waals surface area (Å²) in [5.74, 6) is -1.59. The highest BCUT2D eigenvalue weighted by Gasteiger charge is 2.39. The van der Waals surface area contributed by atoms with Crippen LogP contribution >= 0.6 is 0 Å². The second-order valence-corrected chi connectivity index (χ2v) is 12.9. The summed E-state index contributed by atoms with van der Waals surface area (Å²) in [6, 6.07) is 11.2. The number of sulfonamides is 1. The van der Waals surface area contributed by atoms with Crippen LogP contribution < -0.4 is 4.72 Å². The second kappa shape index (κ2) is 12.7. The van der Waals surface area contributed by atoms with E-state index in [1.807, 2.05) is 11.6 Å². The number of halogens is 3. The quantitative estimate of drug-likeness (QED) is 0.0878. The molecule has 4 rings (SSSR count). The molecule has 1 fully saturated rings. The van der Waals surface area contributed by atoms with Crippen LogP contribution in [0.5, 0.6) is 0 Å². The lowest BCUT2D eigenvalue weighted by Gasteiger charge is -2.19. The molecule has 3 aromatic rings. The molecule has 45 heavy (non-hydrogen) atoms. The Bertz CT molecular complexity index is 1680. The maximum absolute atomic E-state index is 13.5. The molecule has 1 saturated heterocycles. The van der Waals surface area contributed by atoms with E-state index in [4.69, 9.17) is 9.57 Å². The summed E-state index contributed by atoms with van der Waals surface area (Å²) < 4.78 is 74.4. The Morgan fingerprint density at radius 1 is 1.11 bits per heavy atom. The van der Waals surface area contributed by atoms with E-state index >= 15 is 0 Å². The number of hydrazine groups is 1. The van der Waals surface area contributed by atoms with Crippen molar-refractivity contribution < 1.29 is 45.7 Å². The Kier molecular flexibility index (Phi) is 9.41. The molecule has 0 saturated carbocycles. The normalized spacial score (nSPS) is 16.0. The summed E-state index contributed by atoms with van der Waals surface area (Å²) in [5.41, 5.74) is -0.280. The Morgan fingerprint density at radius 3 is 2.36 bits per heavy atom. The molecule has 0 unspecified atom stereocenters. The number of ether oxygens (including phenoxy) is 1. The van der Waals surface area contributed by atoms with Crippen LogP contribution in [0.25, 0.3) is 16.9 Å². The number of hydrogen-bond donors (Lipinski definition) is 1. The fourth-order valence-electron chi connectivity index (χ4n) is 4.31. The number of amides is 1. The van der Waals surface area contributed by atoms with Gasteiger partial charge in [-0.15, -0.1) is 5.01 Å². The van der Waals surface area contributed by atoms with Crippen LogP contribution in [0.3, 0.4) is 0 Å². The molecule has 1 N–H and O–H groups in total. The largest absolute Gasteiger partial charge is 0.569 e. The molecule has 1 aromatic heterocycles. The average molecular weight is 653 g/mol. The minimum atomic E-state index is -4.72. The zero-order valence-electron chi connectivity index (χ0n) is 24.7. The van der Waals surface area contributed by atoms with Gasteiger partial charge in [0.2, 0.25) is 5.28 Å². The number of esters is 1. The third kappa shape index (κ3) is 7.89. The standard InChI is InChI=1S/C28H31F3N6O7S/c1-18-7-9-19(10-8-18)23-16-24(28(29,30)31)32-36(23)20-11-13-21(14-12-20)45(41,42)33-25(38)22-6-5-15-35(22)37(40)34-44-17-43-26(39)27(2,3)4/h7-14,16,22H,5-6,15,17H2,1-4H3,(H,33,38)/b37-34-/t22-/m0/s1. The molecule has 1 amide bonds. The fourth-order valence-corrected chi connectivity index (χ4v) is 5.32. The van der Waals surface area contributed by atoms with Crippen molar-refractivity contribution in [2.45, 2.75) is 57.7 Å². The van der Waals surface area contributed by atoms with Crippen LogP contribution in [0.1, 0.15) is 44.9 Å². The summed E-state index contributed by atoms with van der Waals surface area (Å²) in [6.07, 6.45) is -4.21. The molecule has 1 atom stereocenters. The lowest BCUT2D eigenvalue weighted by Crippen LogP contribution is -2.47. The van der Waals surface area contributed by atoms with E-state index in [0.29, 0.717) is 12.0 Å². The van der Waals surface area contributed by atoms with Crippen LogP contribution in [0.15, 0.2) is 64.8 Å². The highest BCUT2D eigenvalue weighted by molar-refractivity contribution is 7.90. The SMILES string of the molecule is Cc1ccc(-c2cc(C(F)(F)F)nn2-c2ccc(S(=O)(=O)NC(=O)[C@@H]3CCCN3/[N+]([O-])=N/OCOC(=O)C(C)(C)C)cc2)cc1. The van der Waals surface area contributed by atoms with Gasteiger partial charge in [-0.2, -0.15) is 18.3 Å². The lowest BCUT2D eigenvalue weighted by molar-refractivity contribution is -0.712. The third-order valence-corrected chi connectivity index (χ3v) is 8.07. The van der Waals surface area contributed by atoms with Crippen LogP contribution in [0, 0.1) is 17.5 Å². The van der Waals surface area contributed by atoms with Crippen LogP contribution in [0.2, 0.25) is 0 Å². The first-order chi connectivity index (χ1) is 21.0. The monoisotopic (exact) mass is 652 g/mol. The zero-order chi connectivity index (χ0) is 33.2. The second-order valence-electron chi connectivity index (χ2n) is 11.2. The summed E-state index contributed by atoms with van der Waals surface area (Å²) >= 11 is 0. The molecule has 0 aliphatic carbocycles. The van der Waals surface area contributed by atoms with Crippen molar-refractivity contribution in [1.29, 1.82) is 0 Å². The van der Waals surface area contributed by atoms with E-state index in [2.05, 4.69) is 10.4 Å². The Hall–Kier alpha value is -4.67. The highest BCUT2D eigenvalue weighted by atomic mass is 32.2. The van der Waals surface area contributed by atoms with Crippen molar-refractivity contribution in [3.63, 3.8) is 0 Å². The molecule has 242 valence electrons. The Balaban J connectivity index is 1.48. The summed E-state index contributed by atoms with van der Waals surface area (Å²) in [6.45, 7) is 6.12. The van der Waals surface area contributed by atoms with Gasteiger partial charge in [0, 0.05) is 5.56 Å². The highest BCUT2D eigenvalue weighted by Crippen LogP contribution is 2.33. The third-order valence-electron chi connectivity index (χ3n) is 6.70. The number of carbonyl (C=O) groups is 2. The lowest BCUT2D eigenvalue weighted by atomic mass is 9.98. The van der Waals surface area contributed by atoms with Gasteiger partial charge in [-0.25, -0.2) is 17.8 Å². The molecule has 2 heterocycles. The van der Waals surface area contributed by atoms with Crippen LogP contribution in [0.4, 0.5) is 13.2 Å². The zero-order valence-corrected chi connectivity index (χ0v) is 25.6. The Labute approximate surface area is 256 Å². The van der Waals surface area contributed by atoms with Gasteiger partial charge in [-0.1, -0.05) is 29.8 Å². The minimum Gasteiger partial charge on any atom is -0.569 e. The van der Waals surface area contributed by atoms with E-state index in [0.717, 1.165) is 33.5 Å². The maximum Gasteiger partial charge on any atom is 0.435 e. The Morgan fingerprint density at radius 2 is 1.76 bits per heavy atom. The summed E-state index contributed by atoms with van der Waals surface area (Å²) in [5, 5.41) is 20.3. The molecular weight excluding hydrogens is 621 g/mol. The number of nitrogens with one attached hydrogen (secondary N) is 1. The number of rotatable bonds is 9. The van der Waals surface area contributed by atoms with Crippen molar-refractivity contribution >= 4 is 21.9 Å². The van der Waals surface area contributed by atoms with E-state index < -0.39 is 52.0 Å². The van der Waals surface area contributed by atoms with Crippen molar-refractivity contribution in [3.8, 4) is 16.9 Å². The molecule has 1 aliphatic rings. The number of hydrogen-bond acceptors (Lipinski definition) is 9. The predicted molar refractivity (Wildman–Crippen MR) is 151 cm³/mol. The first-order valence-electron chi connectivity index (χ1n) is 13.6. The molecular formula is C28H31F3N6O7S. The van der Waals surface area contributed by atoms with Gasteiger partial charge >= 0.3 is 12.1 Å². The fraction of sp³-hybridized carbons (Fsp3) is 0.393. The molecule has 13 nitrogen and oxygen atoms in total. The van der Waals surface area contributed by atoms with Crippen molar-refractivity contribution in [1.82, 2.24) is 19.5 Å². The predicted octanol–water partition coefficient (Wildman–Crippen LogP) is 4.49. The topological polar surface area (TPSA) is 158 Å². The average Bonchev–Trinajstić information content (AvgIpc) is 3.63. The van der Waals surface area contributed by atoms with Crippen molar-refractivity contribution in [3.05, 3.63) is 71.1 Å². The van der Waals surface area contributed by atoms with Gasteiger partial charge in [-0.05, 0) is 70.9 Å². The molecule has 0 bridgehead atoms.